The third-order valence-electron chi connectivity index (χ3n) is 10.5. The molecule has 2 N–H and O–H groups in total. The van der Waals surface area contributed by atoms with Crippen molar-refractivity contribution in [2.24, 2.45) is 17.8 Å². The molecule has 5 rings (SSSR count). The van der Waals surface area contributed by atoms with Gasteiger partial charge in [0.15, 0.2) is 5.78 Å². The zero-order chi connectivity index (χ0) is 38.5. The molecule has 2 amide bonds. The molecule has 0 saturated carbocycles. The molecule has 0 aliphatic carbocycles. The van der Waals surface area contributed by atoms with E-state index in [2.05, 4.69) is 5.32 Å². The molecule has 0 spiro atoms. The summed E-state index contributed by atoms with van der Waals surface area (Å²) in [5.74, 6) is -3.60. The first kappa shape index (κ1) is 41.2. The van der Waals surface area contributed by atoms with Gasteiger partial charge in [0.1, 0.15) is 12.1 Å². The molecule has 3 fully saturated rings. The molecule has 12 heteroatoms. The van der Waals surface area contributed by atoms with E-state index < -0.39 is 47.8 Å². The lowest BCUT2D eigenvalue weighted by Crippen LogP contribution is -2.56. The Morgan fingerprint density at radius 1 is 0.830 bits per heavy atom. The van der Waals surface area contributed by atoms with Crippen molar-refractivity contribution in [2.45, 2.75) is 103 Å². The minimum atomic E-state index is -0.987. The fraction of sp³-hybridized carbons (Fsp3) is 0.561. The van der Waals surface area contributed by atoms with Crippen LogP contribution in [0.15, 0.2) is 60.7 Å². The van der Waals surface area contributed by atoms with E-state index in [1.54, 1.807) is 32.6 Å². The van der Waals surface area contributed by atoms with Crippen LogP contribution in [0.4, 0.5) is 0 Å². The molecule has 3 aliphatic rings. The maximum atomic E-state index is 13.1. The number of hydrogen-bond donors (Lipinski definition) is 2. The minimum absolute atomic E-state index is 0.00566. The number of nitrogens with one attached hydrogen (secondary N) is 1. The van der Waals surface area contributed by atoms with Crippen molar-refractivity contribution in [3.05, 3.63) is 71.8 Å². The molecule has 0 aromatic heterocycles. The van der Waals surface area contributed by atoms with E-state index in [1.807, 2.05) is 60.7 Å². The number of nitrogens with zero attached hydrogens (tertiary/aromatic N) is 2. The first-order chi connectivity index (χ1) is 25.5. The maximum Gasteiger partial charge on any atom is 0.326 e. The van der Waals surface area contributed by atoms with E-state index in [1.165, 1.54) is 4.90 Å². The highest BCUT2D eigenvalue weighted by Crippen LogP contribution is 2.38. The van der Waals surface area contributed by atoms with Gasteiger partial charge in [0, 0.05) is 24.9 Å². The molecule has 7 atom stereocenters. The van der Waals surface area contributed by atoms with Crippen LogP contribution in [0.5, 0.6) is 0 Å². The van der Waals surface area contributed by atoms with Crippen LogP contribution in [0.2, 0.25) is 0 Å². The number of aryl methyl sites for hydroxylation is 2. The topological polar surface area (TPSA) is 160 Å². The molecule has 2 aromatic carbocycles. The average molecular weight is 734 g/mol. The Kier molecular flexibility index (Phi) is 15.6. The highest BCUT2D eigenvalue weighted by atomic mass is 16.5. The van der Waals surface area contributed by atoms with Crippen molar-refractivity contribution in [3.8, 4) is 0 Å². The molecular weight excluding hydrogens is 678 g/mol. The molecular formula is C41H55N3O9. The fourth-order valence-corrected chi connectivity index (χ4v) is 7.79. The number of carbonyl (C=O) groups is 6. The van der Waals surface area contributed by atoms with Gasteiger partial charge in [-0.05, 0) is 83.3 Å². The van der Waals surface area contributed by atoms with Gasteiger partial charge in [-0.3, -0.25) is 29.3 Å². The van der Waals surface area contributed by atoms with Crippen molar-refractivity contribution in [1.82, 2.24) is 15.1 Å². The lowest BCUT2D eigenvalue weighted by Gasteiger charge is -2.40. The van der Waals surface area contributed by atoms with Crippen molar-refractivity contribution < 1.29 is 43.3 Å². The van der Waals surface area contributed by atoms with Gasteiger partial charge in [0.05, 0.1) is 31.2 Å². The van der Waals surface area contributed by atoms with Crippen LogP contribution in [-0.4, -0.2) is 101 Å². The minimum Gasteiger partial charge on any atom is -0.480 e. The largest absolute Gasteiger partial charge is 0.480 e. The number of amides is 2. The van der Waals surface area contributed by atoms with Gasteiger partial charge in [-0.15, -0.1) is 0 Å². The van der Waals surface area contributed by atoms with Gasteiger partial charge in [-0.25, -0.2) is 4.79 Å². The Hall–Kier alpha value is -4.58. The second-order valence-electron chi connectivity index (χ2n) is 14.0. The van der Waals surface area contributed by atoms with Crippen LogP contribution in [0, 0.1) is 17.8 Å². The number of ketones is 1. The van der Waals surface area contributed by atoms with Crippen molar-refractivity contribution in [2.75, 3.05) is 26.3 Å². The first-order valence-electron chi connectivity index (χ1n) is 19.0. The number of rotatable bonds is 15. The zero-order valence-corrected chi connectivity index (χ0v) is 31.4. The van der Waals surface area contributed by atoms with Gasteiger partial charge in [-0.1, -0.05) is 67.6 Å². The molecule has 0 radical (unpaired) electrons. The third-order valence-corrected chi connectivity index (χ3v) is 10.5. The number of piperidine rings is 1. The summed E-state index contributed by atoms with van der Waals surface area (Å²) in [6.45, 7) is 8.57. The summed E-state index contributed by atoms with van der Waals surface area (Å²) in [5, 5.41) is 12.3. The Morgan fingerprint density at radius 2 is 1.40 bits per heavy atom. The van der Waals surface area contributed by atoms with Crippen molar-refractivity contribution in [3.63, 3.8) is 0 Å². The zero-order valence-electron chi connectivity index (χ0n) is 31.4. The number of Topliss-reactive ketones (excluding diaryl/α,β-unsaturated/α-hetero) is 1. The van der Waals surface area contributed by atoms with Crippen LogP contribution in [-0.2, 0) is 51.1 Å². The van der Waals surface area contributed by atoms with Gasteiger partial charge in [0.2, 0.25) is 11.8 Å². The van der Waals surface area contributed by atoms with Crippen LogP contribution >= 0.6 is 0 Å². The monoisotopic (exact) mass is 733 g/mol. The molecule has 288 valence electrons. The lowest BCUT2D eigenvalue weighted by atomic mass is 9.72. The molecule has 3 saturated heterocycles. The number of aliphatic carboxylic acids is 1. The fourth-order valence-electron chi connectivity index (χ4n) is 7.79. The Balaban J connectivity index is 0.000000237. The lowest BCUT2D eigenvalue weighted by molar-refractivity contribution is -0.162. The summed E-state index contributed by atoms with van der Waals surface area (Å²) in [6, 6.07) is 17.2. The average Bonchev–Trinajstić information content (AvgIpc) is 3.86. The Bertz CT molecular complexity index is 1550. The molecule has 3 heterocycles. The van der Waals surface area contributed by atoms with E-state index in [0.29, 0.717) is 58.0 Å². The molecule has 53 heavy (non-hydrogen) atoms. The van der Waals surface area contributed by atoms with Crippen LogP contribution in [0.25, 0.3) is 0 Å². The highest BCUT2D eigenvalue weighted by Gasteiger charge is 2.52. The number of carbonyl (C=O) groups excluding carboxylic acids is 5. The second kappa shape index (κ2) is 20.0. The van der Waals surface area contributed by atoms with E-state index in [-0.39, 0.29) is 42.8 Å². The van der Waals surface area contributed by atoms with E-state index in [9.17, 15) is 33.9 Å². The summed E-state index contributed by atoms with van der Waals surface area (Å²) in [6.07, 6.45) is 5.06. The second-order valence-corrected chi connectivity index (χ2v) is 14.0. The summed E-state index contributed by atoms with van der Waals surface area (Å²) in [5.41, 5.74) is 2.21. The number of benzene rings is 2. The van der Waals surface area contributed by atoms with Gasteiger partial charge < -0.3 is 24.4 Å². The first-order valence-corrected chi connectivity index (χ1v) is 19.0. The predicted molar refractivity (Wildman–Crippen MR) is 197 cm³/mol. The maximum absolute atomic E-state index is 13.1. The number of esters is 2. The van der Waals surface area contributed by atoms with Gasteiger partial charge in [-0.2, -0.15) is 0 Å². The standard InChI is InChI=1S/C21H27NO4.C20H28N2O5/c1-3-26-21(25)16(12-11-15-8-5-4-6-9-15)18-14(2)20(24)22-13-7-10-17(22)19(18)23;1-3-27-20(26)16(12-11-15-8-5-4-6-9-15)21-14(2)18(23)22-13-7-10-17(22)19(24)25/h4-6,8-9,14,16-18H,3,7,10-13H2,1-2H3;4-6,8-9,14,16-17,21H,3,7,10-13H2,1-2H3,(H,24,25)/t14-,16-,17?,18?;14-,16-,17-/m10/s1. The molecule has 3 aliphatic heterocycles. The van der Waals surface area contributed by atoms with E-state index in [4.69, 9.17) is 9.47 Å². The summed E-state index contributed by atoms with van der Waals surface area (Å²) >= 11 is 0. The van der Waals surface area contributed by atoms with Crippen molar-refractivity contribution >= 4 is 35.5 Å². The number of likely N-dealkylation sites (tertiary alicyclic amines) is 1. The number of carboxylic acids is 1. The summed E-state index contributed by atoms with van der Waals surface area (Å²) < 4.78 is 10.4. The number of fused-ring (bicyclic) bond motifs is 1. The summed E-state index contributed by atoms with van der Waals surface area (Å²) in [7, 11) is 0. The van der Waals surface area contributed by atoms with Crippen LogP contribution < -0.4 is 5.32 Å². The molecule has 2 unspecified atom stereocenters. The molecule has 12 nitrogen and oxygen atoms in total. The molecule has 2 aromatic rings. The highest BCUT2D eigenvalue weighted by molar-refractivity contribution is 6.01. The van der Waals surface area contributed by atoms with Crippen LogP contribution in [0.3, 0.4) is 0 Å². The molecule has 0 bridgehead atoms. The number of carboxylic acid groups (broad SMARTS) is 1. The number of ether oxygens (including phenoxy) is 2. The summed E-state index contributed by atoms with van der Waals surface area (Å²) in [4.78, 5) is 78.0. The van der Waals surface area contributed by atoms with Gasteiger partial charge in [0.25, 0.3) is 0 Å². The predicted octanol–water partition coefficient (Wildman–Crippen LogP) is 4.23. The van der Waals surface area contributed by atoms with Crippen molar-refractivity contribution in [1.29, 1.82) is 0 Å². The quantitative estimate of drug-likeness (QED) is 0.254. The third kappa shape index (κ3) is 10.7. The van der Waals surface area contributed by atoms with Crippen LogP contribution in [0.1, 0.15) is 77.3 Å². The SMILES string of the molecule is CCOC(=O)[C@H](CCc1ccccc1)C1C(=O)C2CCCN2C(=O)[C@@H]1C.CCOC(=O)[C@H](CCc1ccccc1)N[C@@H](C)C(=O)N1CCC[C@H]1C(=O)O. The smallest absolute Gasteiger partial charge is 0.326 e. The Morgan fingerprint density at radius 3 is 1.98 bits per heavy atom. The Labute approximate surface area is 312 Å². The van der Waals surface area contributed by atoms with E-state index in [0.717, 1.165) is 17.5 Å². The van der Waals surface area contributed by atoms with E-state index >= 15 is 0 Å². The number of hydrogen-bond acceptors (Lipinski definition) is 9. The van der Waals surface area contributed by atoms with Gasteiger partial charge >= 0.3 is 17.9 Å². The normalized spacial score (nSPS) is 22.6.